The molecule has 1 fully saturated rings. The third-order valence-electron chi connectivity index (χ3n) is 4.95. The SMILES string of the molecule is Cc1cc(C(=O)CCC(=O)N2CCCN(c3ccc(F)cc3)CC2)c(C)s1. The smallest absolute Gasteiger partial charge is 0.223 e. The van der Waals surface area contributed by atoms with Crippen LogP contribution in [0.5, 0.6) is 0 Å². The Labute approximate surface area is 163 Å². The quantitative estimate of drug-likeness (QED) is 0.721. The Kier molecular flexibility index (Phi) is 6.26. The van der Waals surface area contributed by atoms with Gasteiger partial charge in [-0.15, -0.1) is 11.3 Å². The second-order valence-electron chi connectivity index (χ2n) is 6.95. The molecule has 1 aliphatic rings. The van der Waals surface area contributed by atoms with E-state index >= 15 is 0 Å². The number of Topliss-reactive ketones (excluding diaryl/α,β-unsaturated/α-hetero) is 1. The number of carbonyl (C=O) groups is 2. The summed E-state index contributed by atoms with van der Waals surface area (Å²) < 4.78 is 13.1. The zero-order valence-corrected chi connectivity index (χ0v) is 16.7. The number of hydrogen-bond donors (Lipinski definition) is 0. The van der Waals surface area contributed by atoms with Crippen molar-refractivity contribution in [2.24, 2.45) is 0 Å². The summed E-state index contributed by atoms with van der Waals surface area (Å²) >= 11 is 1.62. The maximum Gasteiger partial charge on any atom is 0.223 e. The number of ketones is 1. The molecule has 0 bridgehead atoms. The topological polar surface area (TPSA) is 40.6 Å². The van der Waals surface area contributed by atoms with Crippen molar-refractivity contribution in [3.8, 4) is 0 Å². The van der Waals surface area contributed by atoms with Crippen LogP contribution in [-0.2, 0) is 4.79 Å². The average molecular weight is 389 g/mol. The van der Waals surface area contributed by atoms with Crippen LogP contribution in [0.3, 0.4) is 0 Å². The molecule has 144 valence electrons. The van der Waals surface area contributed by atoms with Gasteiger partial charge in [-0.25, -0.2) is 4.39 Å². The van der Waals surface area contributed by atoms with E-state index in [2.05, 4.69) is 4.90 Å². The van der Waals surface area contributed by atoms with Crippen LogP contribution in [-0.4, -0.2) is 42.8 Å². The molecule has 0 spiro atoms. The van der Waals surface area contributed by atoms with E-state index in [4.69, 9.17) is 0 Å². The van der Waals surface area contributed by atoms with Crippen molar-refractivity contribution in [3.63, 3.8) is 0 Å². The number of anilines is 1. The van der Waals surface area contributed by atoms with Crippen LogP contribution in [0.15, 0.2) is 30.3 Å². The lowest BCUT2D eigenvalue weighted by atomic mass is 10.1. The van der Waals surface area contributed by atoms with Gasteiger partial charge in [-0.1, -0.05) is 0 Å². The van der Waals surface area contributed by atoms with Crippen LogP contribution in [0.25, 0.3) is 0 Å². The number of amides is 1. The van der Waals surface area contributed by atoms with Crippen LogP contribution in [0, 0.1) is 19.7 Å². The molecule has 0 unspecified atom stereocenters. The molecule has 1 aromatic heterocycles. The molecular weight excluding hydrogens is 363 g/mol. The highest BCUT2D eigenvalue weighted by molar-refractivity contribution is 7.12. The van der Waals surface area contributed by atoms with Crippen LogP contribution >= 0.6 is 11.3 Å². The highest BCUT2D eigenvalue weighted by Gasteiger charge is 2.21. The highest BCUT2D eigenvalue weighted by atomic mass is 32.1. The van der Waals surface area contributed by atoms with E-state index in [9.17, 15) is 14.0 Å². The minimum Gasteiger partial charge on any atom is -0.370 e. The van der Waals surface area contributed by atoms with Gasteiger partial charge in [-0.05, 0) is 50.6 Å². The van der Waals surface area contributed by atoms with Gasteiger partial charge in [-0.2, -0.15) is 0 Å². The third kappa shape index (κ3) is 4.95. The molecule has 1 amide bonds. The number of rotatable bonds is 5. The van der Waals surface area contributed by atoms with Crippen molar-refractivity contribution in [3.05, 3.63) is 51.5 Å². The molecule has 0 atom stereocenters. The van der Waals surface area contributed by atoms with Gasteiger partial charge < -0.3 is 9.80 Å². The fourth-order valence-corrected chi connectivity index (χ4v) is 4.44. The van der Waals surface area contributed by atoms with E-state index in [0.29, 0.717) is 19.6 Å². The number of aryl methyl sites for hydroxylation is 2. The van der Waals surface area contributed by atoms with Gasteiger partial charge in [0.1, 0.15) is 5.82 Å². The number of benzene rings is 1. The molecular formula is C21H25FN2O2S. The van der Waals surface area contributed by atoms with Gasteiger partial charge >= 0.3 is 0 Å². The minimum atomic E-state index is -0.244. The molecule has 2 heterocycles. The molecule has 2 aromatic rings. The van der Waals surface area contributed by atoms with Crippen LogP contribution < -0.4 is 4.90 Å². The van der Waals surface area contributed by atoms with E-state index in [1.54, 1.807) is 23.5 Å². The Morgan fingerprint density at radius 1 is 1.04 bits per heavy atom. The van der Waals surface area contributed by atoms with Crippen LogP contribution in [0.1, 0.15) is 39.4 Å². The molecule has 3 rings (SSSR count). The monoisotopic (exact) mass is 388 g/mol. The molecule has 1 aromatic carbocycles. The van der Waals surface area contributed by atoms with E-state index in [-0.39, 0.29) is 30.3 Å². The van der Waals surface area contributed by atoms with E-state index in [1.807, 2.05) is 24.8 Å². The second kappa shape index (κ2) is 8.65. The van der Waals surface area contributed by atoms with Crippen molar-refractivity contribution in [1.82, 2.24) is 4.90 Å². The molecule has 0 aliphatic carbocycles. The molecule has 27 heavy (non-hydrogen) atoms. The summed E-state index contributed by atoms with van der Waals surface area (Å²) in [7, 11) is 0. The lowest BCUT2D eigenvalue weighted by Crippen LogP contribution is -2.35. The standard InChI is InChI=1S/C21H25FN2O2S/c1-15-14-19(16(2)27-15)20(25)8-9-21(26)24-11-3-10-23(12-13-24)18-6-4-17(22)5-7-18/h4-7,14H,3,8-13H2,1-2H3. The maximum atomic E-state index is 13.1. The largest absolute Gasteiger partial charge is 0.370 e. The number of carbonyl (C=O) groups excluding carboxylic acids is 2. The first kappa shape index (κ1) is 19.5. The average Bonchev–Trinajstić information content (AvgIpc) is 2.85. The lowest BCUT2D eigenvalue weighted by molar-refractivity contribution is -0.130. The van der Waals surface area contributed by atoms with Gasteiger partial charge in [0.05, 0.1) is 0 Å². The number of hydrogen-bond acceptors (Lipinski definition) is 4. The Morgan fingerprint density at radius 3 is 2.44 bits per heavy atom. The number of thiophene rings is 1. The zero-order valence-electron chi connectivity index (χ0n) is 15.8. The molecule has 1 saturated heterocycles. The minimum absolute atomic E-state index is 0.0360. The van der Waals surface area contributed by atoms with Crippen molar-refractivity contribution in [1.29, 1.82) is 0 Å². The van der Waals surface area contributed by atoms with Gasteiger partial charge in [0.2, 0.25) is 5.91 Å². The van der Waals surface area contributed by atoms with Gasteiger partial charge in [0.15, 0.2) is 5.78 Å². The summed E-state index contributed by atoms with van der Waals surface area (Å²) in [5.41, 5.74) is 1.73. The van der Waals surface area contributed by atoms with Gasteiger partial charge in [0.25, 0.3) is 0 Å². The number of halogens is 1. The van der Waals surface area contributed by atoms with Gasteiger partial charge in [0, 0.05) is 60.0 Å². The van der Waals surface area contributed by atoms with Crippen molar-refractivity contribution in [2.45, 2.75) is 33.1 Å². The summed E-state index contributed by atoms with van der Waals surface area (Å²) in [4.78, 5) is 31.1. The molecule has 0 N–H and O–H groups in total. The second-order valence-corrected chi connectivity index (χ2v) is 8.41. The molecule has 4 nitrogen and oxygen atoms in total. The molecule has 0 saturated carbocycles. The van der Waals surface area contributed by atoms with Crippen LogP contribution in [0.4, 0.5) is 10.1 Å². The Balaban J connectivity index is 1.52. The molecule has 0 radical (unpaired) electrons. The first-order valence-electron chi connectivity index (χ1n) is 9.32. The Bertz CT molecular complexity index is 816. The van der Waals surface area contributed by atoms with Crippen molar-refractivity contribution in [2.75, 3.05) is 31.1 Å². The summed E-state index contributed by atoms with van der Waals surface area (Å²) in [5.74, 6) is -0.159. The van der Waals surface area contributed by atoms with Crippen molar-refractivity contribution < 1.29 is 14.0 Å². The Morgan fingerprint density at radius 2 is 1.78 bits per heavy atom. The van der Waals surface area contributed by atoms with E-state index < -0.39 is 0 Å². The first-order valence-corrected chi connectivity index (χ1v) is 10.1. The first-order chi connectivity index (χ1) is 12.9. The normalized spacial score (nSPS) is 14.9. The zero-order chi connectivity index (χ0) is 19.4. The van der Waals surface area contributed by atoms with E-state index in [0.717, 1.165) is 34.0 Å². The highest BCUT2D eigenvalue weighted by Crippen LogP contribution is 2.23. The predicted octanol–water partition coefficient (Wildman–Crippen LogP) is 4.21. The molecule has 6 heteroatoms. The van der Waals surface area contributed by atoms with Gasteiger partial charge in [-0.3, -0.25) is 9.59 Å². The fraction of sp³-hybridized carbons (Fsp3) is 0.429. The summed E-state index contributed by atoms with van der Waals surface area (Å²) in [6, 6.07) is 8.39. The summed E-state index contributed by atoms with van der Waals surface area (Å²) in [5, 5.41) is 0. The lowest BCUT2D eigenvalue weighted by Gasteiger charge is -2.23. The summed E-state index contributed by atoms with van der Waals surface area (Å²) in [6.45, 7) is 6.81. The number of nitrogens with zero attached hydrogens (tertiary/aromatic N) is 2. The predicted molar refractivity (Wildman–Crippen MR) is 107 cm³/mol. The Hall–Kier alpha value is -2.21. The van der Waals surface area contributed by atoms with Crippen molar-refractivity contribution >= 4 is 28.7 Å². The summed E-state index contributed by atoms with van der Waals surface area (Å²) in [6.07, 6.45) is 1.37. The van der Waals surface area contributed by atoms with Crippen LogP contribution in [0.2, 0.25) is 0 Å². The molecule has 1 aliphatic heterocycles. The fourth-order valence-electron chi connectivity index (χ4n) is 3.50. The maximum absolute atomic E-state index is 13.1. The third-order valence-corrected chi connectivity index (χ3v) is 5.91. The van der Waals surface area contributed by atoms with E-state index in [1.165, 1.54) is 12.1 Å².